The molecule has 0 bridgehead atoms. The van der Waals surface area contributed by atoms with E-state index in [1.807, 2.05) is 62.1 Å². The van der Waals surface area contributed by atoms with Crippen LogP contribution in [0.15, 0.2) is 36.4 Å². The Morgan fingerprint density at radius 2 is 2.00 bits per heavy atom. The van der Waals surface area contributed by atoms with Gasteiger partial charge in [0.1, 0.15) is 5.82 Å². The Morgan fingerprint density at radius 3 is 2.71 bits per heavy atom. The molecule has 2 heterocycles. The number of imidazole rings is 1. The second kappa shape index (κ2) is 5.08. The Bertz CT molecular complexity index is 974. The molecular formula is C19H18ClN3O. The average Bonchev–Trinajstić information content (AvgIpc) is 3.04. The average molecular weight is 340 g/mol. The molecule has 0 unspecified atom stereocenters. The number of nitrogens with one attached hydrogen (secondary N) is 1. The van der Waals surface area contributed by atoms with E-state index in [4.69, 9.17) is 11.6 Å². The third kappa shape index (κ3) is 1.99. The molecule has 2 aromatic carbocycles. The molecule has 3 aromatic rings. The summed E-state index contributed by atoms with van der Waals surface area (Å²) in [7, 11) is 0. The molecule has 0 radical (unpaired) electrons. The number of likely N-dealkylation sites (N-methyl/N-ethyl adjacent to an activating group) is 1. The first kappa shape index (κ1) is 15.2. The molecule has 1 aliphatic heterocycles. The quantitative estimate of drug-likeness (QED) is 0.745. The van der Waals surface area contributed by atoms with Gasteiger partial charge in [0.2, 0.25) is 5.91 Å². The summed E-state index contributed by atoms with van der Waals surface area (Å²) >= 11 is 6.28. The summed E-state index contributed by atoms with van der Waals surface area (Å²) in [6, 6.07) is 11.7. The summed E-state index contributed by atoms with van der Waals surface area (Å²) in [6.45, 7) is 6.59. The number of halogens is 1. The van der Waals surface area contributed by atoms with Gasteiger partial charge in [0, 0.05) is 12.1 Å². The fourth-order valence-corrected chi connectivity index (χ4v) is 3.65. The van der Waals surface area contributed by atoms with Crippen LogP contribution in [-0.4, -0.2) is 22.4 Å². The number of amides is 1. The molecule has 1 amide bonds. The third-order valence-corrected chi connectivity index (χ3v) is 5.12. The summed E-state index contributed by atoms with van der Waals surface area (Å²) in [4.78, 5) is 22.5. The van der Waals surface area contributed by atoms with Gasteiger partial charge in [0.15, 0.2) is 0 Å². The van der Waals surface area contributed by atoms with Crippen LogP contribution in [0.4, 0.5) is 5.69 Å². The van der Waals surface area contributed by atoms with Crippen LogP contribution in [0.1, 0.15) is 26.3 Å². The molecule has 0 saturated heterocycles. The standard InChI is InChI=1S/C19H18ClN3O/c1-4-23-16-10-15-14(9-12(16)19(2,3)18(23)24)21-17(22-15)11-7-5-6-8-13(11)20/h5-10H,4H2,1-3H3,(H,21,22). The zero-order valence-electron chi connectivity index (χ0n) is 13.9. The first-order valence-corrected chi connectivity index (χ1v) is 8.42. The Kier molecular flexibility index (Phi) is 3.22. The first-order chi connectivity index (χ1) is 11.4. The van der Waals surface area contributed by atoms with Gasteiger partial charge >= 0.3 is 0 Å². The molecule has 122 valence electrons. The SMILES string of the molecule is CCN1C(=O)C(C)(C)c2cc3[nH]c(-c4ccccc4Cl)nc3cc21. The van der Waals surface area contributed by atoms with E-state index in [1.54, 1.807) is 0 Å². The maximum absolute atomic E-state index is 12.6. The van der Waals surface area contributed by atoms with E-state index < -0.39 is 5.41 Å². The lowest BCUT2D eigenvalue weighted by Gasteiger charge is -2.18. The van der Waals surface area contributed by atoms with Crippen LogP contribution in [0.25, 0.3) is 22.4 Å². The first-order valence-electron chi connectivity index (χ1n) is 8.04. The number of hydrogen-bond donors (Lipinski definition) is 1. The highest BCUT2D eigenvalue weighted by Gasteiger charge is 2.43. The van der Waals surface area contributed by atoms with Crippen LogP contribution in [0.5, 0.6) is 0 Å². The number of nitrogens with zero attached hydrogens (tertiary/aromatic N) is 2. The Morgan fingerprint density at radius 1 is 1.25 bits per heavy atom. The number of hydrogen-bond acceptors (Lipinski definition) is 2. The number of benzene rings is 2. The molecular weight excluding hydrogens is 322 g/mol. The largest absolute Gasteiger partial charge is 0.338 e. The van der Waals surface area contributed by atoms with Crippen LogP contribution < -0.4 is 4.90 Å². The van der Waals surface area contributed by atoms with Crippen molar-refractivity contribution < 1.29 is 4.79 Å². The Balaban J connectivity index is 1.93. The normalized spacial score (nSPS) is 16.0. The number of fused-ring (bicyclic) bond motifs is 2. The molecule has 0 aliphatic carbocycles. The maximum Gasteiger partial charge on any atom is 0.237 e. The number of aromatic nitrogens is 2. The Hall–Kier alpha value is -2.33. The van der Waals surface area contributed by atoms with E-state index in [0.29, 0.717) is 11.6 Å². The lowest BCUT2D eigenvalue weighted by atomic mass is 9.86. The third-order valence-electron chi connectivity index (χ3n) is 4.79. The smallest absolute Gasteiger partial charge is 0.237 e. The van der Waals surface area contributed by atoms with Crippen molar-refractivity contribution in [1.29, 1.82) is 0 Å². The van der Waals surface area contributed by atoms with E-state index in [1.165, 1.54) is 0 Å². The molecule has 0 atom stereocenters. The number of rotatable bonds is 2. The summed E-state index contributed by atoms with van der Waals surface area (Å²) in [5.41, 5.74) is 4.11. The number of carbonyl (C=O) groups excluding carboxylic acids is 1. The van der Waals surface area contributed by atoms with Crippen molar-refractivity contribution in [3.63, 3.8) is 0 Å². The van der Waals surface area contributed by atoms with Crippen LogP contribution >= 0.6 is 11.6 Å². The molecule has 0 saturated carbocycles. The van der Waals surface area contributed by atoms with Gasteiger partial charge in [0.25, 0.3) is 0 Å². The van der Waals surface area contributed by atoms with Gasteiger partial charge in [-0.1, -0.05) is 23.7 Å². The van der Waals surface area contributed by atoms with Crippen LogP contribution in [0.3, 0.4) is 0 Å². The van der Waals surface area contributed by atoms with Crippen molar-refractivity contribution in [2.24, 2.45) is 0 Å². The van der Waals surface area contributed by atoms with Gasteiger partial charge in [-0.05, 0) is 50.6 Å². The van der Waals surface area contributed by atoms with Crippen molar-refractivity contribution in [3.05, 3.63) is 47.0 Å². The van der Waals surface area contributed by atoms with E-state index in [-0.39, 0.29) is 5.91 Å². The van der Waals surface area contributed by atoms with E-state index in [9.17, 15) is 4.79 Å². The highest BCUT2D eigenvalue weighted by molar-refractivity contribution is 6.33. The predicted molar refractivity (Wildman–Crippen MR) is 97.6 cm³/mol. The highest BCUT2D eigenvalue weighted by Crippen LogP contribution is 2.43. The van der Waals surface area contributed by atoms with Crippen LogP contribution in [-0.2, 0) is 10.2 Å². The molecule has 1 aromatic heterocycles. The Labute approximate surface area is 145 Å². The fraction of sp³-hybridized carbons (Fsp3) is 0.263. The molecule has 0 fully saturated rings. The fourth-order valence-electron chi connectivity index (χ4n) is 3.43. The number of H-pyrrole nitrogens is 1. The second-order valence-electron chi connectivity index (χ2n) is 6.63. The van der Waals surface area contributed by atoms with Crippen molar-refractivity contribution in [3.8, 4) is 11.4 Å². The van der Waals surface area contributed by atoms with Crippen molar-refractivity contribution in [1.82, 2.24) is 9.97 Å². The zero-order chi connectivity index (χ0) is 17.1. The van der Waals surface area contributed by atoms with Crippen molar-refractivity contribution in [2.75, 3.05) is 11.4 Å². The zero-order valence-corrected chi connectivity index (χ0v) is 14.6. The predicted octanol–water partition coefficient (Wildman–Crippen LogP) is 4.53. The van der Waals surface area contributed by atoms with Gasteiger partial charge in [-0.2, -0.15) is 0 Å². The molecule has 4 rings (SSSR count). The maximum atomic E-state index is 12.6. The van der Waals surface area contributed by atoms with Crippen LogP contribution in [0.2, 0.25) is 5.02 Å². The number of aromatic amines is 1. The second-order valence-corrected chi connectivity index (χ2v) is 7.03. The summed E-state index contributed by atoms with van der Waals surface area (Å²) < 4.78 is 0. The molecule has 1 N–H and O–H groups in total. The number of anilines is 1. The van der Waals surface area contributed by atoms with Gasteiger partial charge in [-0.15, -0.1) is 0 Å². The lowest BCUT2D eigenvalue weighted by Crippen LogP contribution is -2.35. The lowest BCUT2D eigenvalue weighted by molar-refractivity contribution is -0.122. The van der Waals surface area contributed by atoms with E-state index in [0.717, 1.165) is 33.7 Å². The minimum absolute atomic E-state index is 0.138. The van der Waals surface area contributed by atoms with Gasteiger partial charge in [0.05, 0.1) is 27.2 Å². The van der Waals surface area contributed by atoms with Gasteiger partial charge in [-0.3, -0.25) is 4.79 Å². The molecule has 0 spiro atoms. The molecule has 1 aliphatic rings. The van der Waals surface area contributed by atoms with Gasteiger partial charge < -0.3 is 9.88 Å². The summed E-state index contributed by atoms with van der Waals surface area (Å²) in [6.07, 6.45) is 0. The highest BCUT2D eigenvalue weighted by atomic mass is 35.5. The summed E-state index contributed by atoms with van der Waals surface area (Å²) in [5.74, 6) is 0.880. The van der Waals surface area contributed by atoms with Gasteiger partial charge in [-0.25, -0.2) is 4.98 Å². The minimum Gasteiger partial charge on any atom is -0.338 e. The topological polar surface area (TPSA) is 49.0 Å². The summed E-state index contributed by atoms with van der Waals surface area (Å²) in [5, 5.41) is 0.662. The van der Waals surface area contributed by atoms with Crippen molar-refractivity contribution in [2.45, 2.75) is 26.2 Å². The van der Waals surface area contributed by atoms with E-state index in [2.05, 4.69) is 9.97 Å². The van der Waals surface area contributed by atoms with Crippen molar-refractivity contribution >= 4 is 34.2 Å². The molecule has 5 heteroatoms. The minimum atomic E-state index is -0.519. The molecule has 24 heavy (non-hydrogen) atoms. The molecule has 4 nitrogen and oxygen atoms in total. The van der Waals surface area contributed by atoms with E-state index >= 15 is 0 Å². The number of carbonyl (C=O) groups is 1. The monoisotopic (exact) mass is 339 g/mol. The van der Waals surface area contributed by atoms with Crippen LogP contribution in [0, 0.1) is 0 Å².